The molecule has 0 bridgehead atoms. The van der Waals surface area contributed by atoms with E-state index in [0.717, 1.165) is 29.5 Å². The summed E-state index contributed by atoms with van der Waals surface area (Å²) in [6.07, 6.45) is 1.50. The number of nitro groups is 1. The Balaban J connectivity index is 1.96. The first-order chi connectivity index (χ1) is 11.9. The van der Waals surface area contributed by atoms with E-state index in [1.807, 2.05) is 25.1 Å². The number of nitro benzene ring substituents is 1. The predicted octanol–water partition coefficient (Wildman–Crippen LogP) is 3.38. The molecular weight excluding hydrogens is 360 g/mol. The Bertz CT molecular complexity index is 940. The molecule has 2 aromatic carbocycles. The van der Waals surface area contributed by atoms with E-state index in [0.29, 0.717) is 20.5 Å². The van der Waals surface area contributed by atoms with Crippen molar-refractivity contribution in [2.24, 2.45) is 0 Å². The Kier molecular flexibility index (Phi) is 4.56. The van der Waals surface area contributed by atoms with E-state index >= 15 is 0 Å². The molecule has 0 atom stereocenters. The number of benzene rings is 2. The molecule has 25 heavy (non-hydrogen) atoms. The van der Waals surface area contributed by atoms with Crippen LogP contribution in [0.3, 0.4) is 0 Å². The van der Waals surface area contributed by atoms with Gasteiger partial charge in [-0.1, -0.05) is 48.2 Å². The van der Waals surface area contributed by atoms with Crippen LogP contribution >= 0.6 is 24.0 Å². The van der Waals surface area contributed by atoms with Crippen LogP contribution in [0.5, 0.6) is 5.75 Å². The monoisotopic (exact) mass is 371 g/mol. The van der Waals surface area contributed by atoms with Gasteiger partial charge in [0, 0.05) is 6.07 Å². The molecule has 0 radical (unpaired) electrons. The van der Waals surface area contributed by atoms with E-state index in [1.54, 1.807) is 6.07 Å². The van der Waals surface area contributed by atoms with Gasteiger partial charge in [0.25, 0.3) is 11.6 Å². The van der Waals surface area contributed by atoms with E-state index in [2.05, 4.69) is 0 Å². The summed E-state index contributed by atoms with van der Waals surface area (Å²) in [6, 6.07) is 11.1. The quantitative estimate of drug-likeness (QED) is 0.356. The van der Waals surface area contributed by atoms with Crippen LogP contribution in [0.1, 0.15) is 11.1 Å². The van der Waals surface area contributed by atoms with E-state index < -0.39 is 16.4 Å². The van der Waals surface area contributed by atoms with Crippen LogP contribution in [0.15, 0.2) is 47.4 Å². The molecule has 1 aliphatic rings. The molecule has 1 fully saturated rings. The Morgan fingerprint density at radius 2 is 2.00 bits per heavy atom. The van der Waals surface area contributed by atoms with Crippen molar-refractivity contribution >= 4 is 51.7 Å². The number of amides is 1. The van der Waals surface area contributed by atoms with Crippen LogP contribution in [0.4, 0.5) is 11.4 Å². The van der Waals surface area contributed by atoms with Gasteiger partial charge in [0.2, 0.25) is 0 Å². The molecule has 0 saturated carbocycles. The van der Waals surface area contributed by atoms with Crippen LogP contribution < -0.4 is 10.0 Å². The summed E-state index contributed by atoms with van der Waals surface area (Å²) < 4.78 is 0.386. The fraction of sp³-hybridized carbons (Fsp3) is 0.0588. The number of anilines is 1. The summed E-state index contributed by atoms with van der Waals surface area (Å²) in [5, 5.41) is 22.4. The van der Waals surface area contributed by atoms with Gasteiger partial charge in [0.15, 0.2) is 4.32 Å². The first kappa shape index (κ1) is 17.1. The van der Waals surface area contributed by atoms with Crippen LogP contribution in [0, 0.1) is 17.0 Å². The molecule has 2 aromatic rings. The molecule has 126 valence electrons. The van der Waals surface area contributed by atoms with Gasteiger partial charge in [0.1, 0.15) is 0 Å². The van der Waals surface area contributed by atoms with E-state index in [4.69, 9.17) is 12.2 Å². The Morgan fingerprint density at radius 3 is 2.68 bits per heavy atom. The lowest BCUT2D eigenvalue weighted by molar-refractivity contribution is -0.398. The van der Waals surface area contributed by atoms with Gasteiger partial charge in [-0.2, -0.15) is 0 Å². The lowest BCUT2D eigenvalue weighted by Crippen LogP contribution is -2.27. The van der Waals surface area contributed by atoms with Crippen molar-refractivity contribution in [3.05, 3.63) is 68.6 Å². The minimum atomic E-state index is -0.738. The highest BCUT2D eigenvalue weighted by atomic mass is 32.2. The summed E-state index contributed by atoms with van der Waals surface area (Å²) in [5.41, 5.74) is 1.54. The molecule has 0 N–H and O–H groups in total. The zero-order valence-corrected chi connectivity index (χ0v) is 14.6. The maximum Gasteiger partial charge on any atom is 0.270 e. The van der Waals surface area contributed by atoms with Crippen molar-refractivity contribution < 1.29 is 14.8 Å². The van der Waals surface area contributed by atoms with Crippen LogP contribution in [0.2, 0.25) is 0 Å². The Labute approximate surface area is 152 Å². The molecule has 1 aliphatic heterocycles. The number of carbonyl (C=O) groups is 1. The standard InChI is InChI=1S/C17H12N2O4S2/c1-10-3-2-4-12(7-10)18-16(21)15(25-17(18)24)9-11-5-6-14(20)13(8-11)19(22)23/h2-9,20H,1H3/p-1. The zero-order chi connectivity index (χ0) is 18.1. The Hall–Kier alpha value is -2.71. The van der Waals surface area contributed by atoms with Gasteiger partial charge in [-0.3, -0.25) is 19.8 Å². The van der Waals surface area contributed by atoms with Crippen LogP contribution in [-0.4, -0.2) is 15.2 Å². The van der Waals surface area contributed by atoms with Gasteiger partial charge in [-0.15, -0.1) is 0 Å². The highest BCUT2D eigenvalue weighted by Crippen LogP contribution is 2.36. The van der Waals surface area contributed by atoms with Crippen molar-refractivity contribution in [2.75, 3.05) is 4.90 Å². The molecule has 0 unspecified atom stereocenters. The molecule has 0 aliphatic carbocycles. The largest absolute Gasteiger partial charge is 0.868 e. The summed E-state index contributed by atoms with van der Waals surface area (Å²) in [6.45, 7) is 1.92. The van der Waals surface area contributed by atoms with E-state index in [9.17, 15) is 20.0 Å². The third kappa shape index (κ3) is 3.40. The van der Waals surface area contributed by atoms with Gasteiger partial charge >= 0.3 is 0 Å². The van der Waals surface area contributed by atoms with Crippen molar-refractivity contribution in [3.63, 3.8) is 0 Å². The minimum absolute atomic E-state index is 0.297. The second-order valence-electron chi connectivity index (χ2n) is 5.34. The molecule has 0 spiro atoms. The maximum absolute atomic E-state index is 12.7. The number of thiocarbonyl (C=S) groups is 1. The number of rotatable bonds is 3. The fourth-order valence-corrected chi connectivity index (χ4v) is 3.67. The van der Waals surface area contributed by atoms with Crippen LogP contribution in [-0.2, 0) is 4.79 Å². The van der Waals surface area contributed by atoms with Gasteiger partial charge in [-0.05, 0) is 42.0 Å². The van der Waals surface area contributed by atoms with Gasteiger partial charge < -0.3 is 5.11 Å². The van der Waals surface area contributed by atoms with E-state index in [1.165, 1.54) is 17.0 Å². The average molecular weight is 371 g/mol. The van der Waals surface area contributed by atoms with Crippen molar-refractivity contribution in [3.8, 4) is 5.75 Å². The third-order valence-corrected chi connectivity index (χ3v) is 4.83. The first-order valence-corrected chi connectivity index (χ1v) is 8.39. The van der Waals surface area contributed by atoms with Crippen molar-refractivity contribution in [1.82, 2.24) is 0 Å². The number of aryl methyl sites for hydroxylation is 1. The van der Waals surface area contributed by atoms with Crippen LogP contribution in [0.25, 0.3) is 6.08 Å². The average Bonchev–Trinajstić information content (AvgIpc) is 2.83. The van der Waals surface area contributed by atoms with Gasteiger partial charge in [-0.25, -0.2) is 0 Å². The number of hydrogen-bond donors (Lipinski definition) is 0. The minimum Gasteiger partial charge on any atom is -0.868 e. The SMILES string of the molecule is Cc1cccc(N2C(=O)C(=Cc3ccc([O-])c([N+](=O)[O-])c3)SC2=S)c1. The van der Waals surface area contributed by atoms with Gasteiger partial charge in [0.05, 0.1) is 15.5 Å². The number of carbonyl (C=O) groups excluding carboxylic acids is 1. The molecule has 1 saturated heterocycles. The second kappa shape index (κ2) is 6.66. The molecule has 6 nitrogen and oxygen atoms in total. The van der Waals surface area contributed by atoms with E-state index in [-0.39, 0.29) is 5.91 Å². The summed E-state index contributed by atoms with van der Waals surface area (Å²) in [4.78, 5) is 24.6. The molecule has 8 heteroatoms. The molecule has 1 amide bonds. The van der Waals surface area contributed by atoms with Crippen molar-refractivity contribution in [1.29, 1.82) is 0 Å². The zero-order valence-electron chi connectivity index (χ0n) is 13.0. The highest BCUT2D eigenvalue weighted by Gasteiger charge is 2.33. The molecular formula is C17H11N2O4S2-. The number of thioether (sulfide) groups is 1. The smallest absolute Gasteiger partial charge is 0.270 e. The number of hydrogen-bond acceptors (Lipinski definition) is 6. The molecule has 0 aromatic heterocycles. The summed E-state index contributed by atoms with van der Waals surface area (Å²) >= 11 is 6.41. The third-order valence-electron chi connectivity index (χ3n) is 3.53. The first-order valence-electron chi connectivity index (χ1n) is 7.17. The van der Waals surface area contributed by atoms with Crippen molar-refractivity contribution in [2.45, 2.75) is 6.92 Å². The lowest BCUT2D eigenvalue weighted by atomic mass is 10.1. The predicted molar refractivity (Wildman–Crippen MR) is 99.4 cm³/mol. The fourth-order valence-electron chi connectivity index (χ4n) is 2.38. The number of nitrogens with zero attached hydrogens (tertiary/aromatic N) is 2. The topological polar surface area (TPSA) is 86.5 Å². The molecule has 1 heterocycles. The summed E-state index contributed by atoms with van der Waals surface area (Å²) in [7, 11) is 0. The maximum atomic E-state index is 12.7. The highest BCUT2D eigenvalue weighted by molar-refractivity contribution is 8.27. The second-order valence-corrected chi connectivity index (χ2v) is 7.02. The molecule has 3 rings (SSSR count). The normalized spacial score (nSPS) is 15.9. The summed E-state index contributed by atoms with van der Waals surface area (Å²) in [5.74, 6) is -0.969. The lowest BCUT2D eigenvalue weighted by Gasteiger charge is -2.14. The Morgan fingerprint density at radius 1 is 1.24 bits per heavy atom.